The lowest BCUT2D eigenvalue weighted by Gasteiger charge is -2.29. The molecule has 2 heteroatoms. The minimum absolute atomic E-state index is 0.223. The maximum atomic E-state index is 2.45. The third kappa shape index (κ3) is 8.85. The Bertz CT molecular complexity index is 5480. The number of hydrogen-bond acceptors (Lipinski definition) is 2. The number of fused-ring (bicyclic) bond motifs is 18. The first-order valence-electron chi connectivity index (χ1n) is 33.0. The van der Waals surface area contributed by atoms with E-state index < -0.39 is 0 Å². The molecule has 0 spiro atoms. The zero-order chi connectivity index (χ0) is 62.8. The van der Waals surface area contributed by atoms with Crippen molar-refractivity contribution in [3.63, 3.8) is 0 Å². The molecule has 94 heavy (non-hydrogen) atoms. The van der Waals surface area contributed by atoms with Crippen LogP contribution in [0.15, 0.2) is 303 Å². The standard InChI is InChI=1S/C92H66N2/c1-91(2)85-53-61(41-47-77(85)79-49-43-67(57-87(79)91)93(65-23-7-5-8-24-65)89-55-63-21-11-13-27-69(63)71-29-17-19-33-81(71)89)37-35-59-39-45-75-76-46-40-60(52-84(76)74-32-16-15-31-73(74)83(75)51-59)36-38-62-42-48-78-80-50-44-68(58-88(80)92(3,4)86(78)54-62)94(66-25-9-6-10-26-66)90-56-64-22-12-14-28-70(64)72-30-18-20-34-82(72)90/h5-58H,1-4H3/b37-35+,38-36+. The minimum Gasteiger partial charge on any atom is -0.310 e. The average molecular weight is 1200 g/mol. The Kier molecular flexibility index (Phi) is 12.7. The highest BCUT2D eigenvalue weighted by Gasteiger charge is 2.38. The van der Waals surface area contributed by atoms with Gasteiger partial charge in [0, 0.05) is 44.4 Å². The summed E-state index contributed by atoms with van der Waals surface area (Å²) in [6.45, 7) is 9.57. The third-order valence-electron chi connectivity index (χ3n) is 20.7. The van der Waals surface area contributed by atoms with E-state index in [4.69, 9.17) is 0 Å². The van der Waals surface area contributed by atoms with Crippen LogP contribution in [0, 0.1) is 0 Å². The number of benzene rings is 16. The van der Waals surface area contributed by atoms with E-state index in [1.807, 2.05) is 0 Å². The predicted molar refractivity (Wildman–Crippen MR) is 404 cm³/mol. The van der Waals surface area contributed by atoms with Crippen LogP contribution in [0.3, 0.4) is 0 Å². The highest BCUT2D eigenvalue weighted by atomic mass is 15.1. The quantitative estimate of drug-likeness (QED) is 0.0995. The fourth-order valence-electron chi connectivity index (χ4n) is 16.0. The molecule has 0 radical (unpaired) electrons. The molecule has 0 N–H and O–H groups in total. The van der Waals surface area contributed by atoms with E-state index in [0.717, 1.165) is 22.7 Å². The molecule has 0 bridgehead atoms. The van der Waals surface area contributed by atoms with Crippen molar-refractivity contribution >= 4 is 134 Å². The highest BCUT2D eigenvalue weighted by molar-refractivity contribution is 6.26. The number of nitrogens with zero attached hydrogens (tertiary/aromatic N) is 2. The van der Waals surface area contributed by atoms with E-state index in [1.165, 1.54) is 154 Å². The molecule has 2 nitrogen and oxygen atoms in total. The van der Waals surface area contributed by atoms with Crippen molar-refractivity contribution in [3.05, 3.63) is 348 Å². The van der Waals surface area contributed by atoms with Gasteiger partial charge in [-0.25, -0.2) is 0 Å². The molecule has 0 heterocycles. The molecule has 2 aliphatic rings. The summed E-state index contributed by atoms with van der Waals surface area (Å²) < 4.78 is 0. The van der Waals surface area contributed by atoms with Crippen LogP contribution >= 0.6 is 0 Å². The SMILES string of the molecule is CC1(C)c2cc(/C=C/c3ccc4c5ccc(/C=C/c6ccc7c(c6)C(C)(C)c6cc(N(c8ccccc8)c8cc9ccccc9c9ccccc89)ccc6-7)cc5c5ccccc5c4c3)ccc2-c2ccc(N(c3ccccc3)c3cc4ccccc4c4ccccc34)cc21. The summed E-state index contributed by atoms with van der Waals surface area (Å²) in [5, 5.41) is 17.6. The second-order valence-electron chi connectivity index (χ2n) is 26.8. The lowest BCUT2D eigenvalue weighted by Crippen LogP contribution is -2.17. The summed E-state index contributed by atoms with van der Waals surface area (Å²) in [7, 11) is 0. The minimum atomic E-state index is -0.223. The first kappa shape index (κ1) is 55.3. The Morgan fingerprint density at radius 1 is 0.213 bits per heavy atom. The molecule has 16 aromatic carbocycles. The fraction of sp³-hybridized carbons (Fsp3) is 0.0652. The van der Waals surface area contributed by atoms with Crippen LogP contribution < -0.4 is 9.80 Å². The van der Waals surface area contributed by atoms with E-state index in [9.17, 15) is 0 Å². The van der Waals surface area contributed by atoms with Crippen LogP contribution in [0.2, 0.25) is 0 Å². The molecule has 0 unspecified atom stereocenters. The zero-order valence-corrected chi connectivity index (χ0v) is 53.1. The Morgan fingerprint density at radius 2 is 0.500 bits per heavy atom. The van der Waals surface area contributed by atoms with Gasteiger partial charge in [0.1, 0.15) is 0 Å². The van der Waals surface area contributed by atoms with Crippen molar-refractivity contribution in [2.45, 2.75) is 38.5 Å². The van der Waals surface area contributed by atoms with Gasteiger partial charge in [-0.1, -0.05) is 283 Å². The van der Waals surface area contributed by atoms with Gasteiger partial charge in [0.05, 0.1) is 11.4 Å². The van der Waals surface area contributed by atoms with Crippen LogP contribution in [0.4, 0.5) is 34.1 Å². The Morgan fingerprint density at radius 3 is 0.894 bits per heavy atom. The summed E-state index contributed by atoms with van der Waals surface area (Å²) in [5.74, 6) is 0. The van der Waals surface area contributed by atoms with Gasteiger partial charge in [-0.3, -0.25) is 0 Å². The first-order chi connectivity index (χ1) is 46.1. The molecule has 444 valence electrons. The molecule has 0 saturated carbocycles. The van der Waals surface area contributed by atoms with Crippen molar-refractivity contribution in [3.8, 4) is 22.3 Å². The largest absolute Gasteiger partial charge is 0.310 e. The summed E-state index contributed by atoms with van der Waals surface area (Å²) in [6.07, 6.45) is 9.16. The van der Waals surface area contributed by atoms with Gasteiger partial charge in [0.25, 0.3) is 0 Å². The lowest BCUT2D eigenvalue weighted by molar-refractivity contribution is 0.660. The topological polar surface area (TPSA) is 6.48 Å². The van der Waals surface area contributed by atoms with Crippen molar-refractivity contribution in [1.82, 2.24) is 0 Å². The first-order valence-corrected chi connectivity index (χ1v) is 33.0. The van der Waals surface area contributed by atoms with Gasteiger partial charge < -0.3 is 9.80 Å². The molecule has 16 aromatic rings. The van der Waals surface area contributed by atoms with Crippen LogP contribution in [-0.4, -0.2) is 0 Å². The van der Waals surface area contributed by atoms with Gasteiger partial charge >= 0.3 is 0 Å². The number of para-hydroxylation sites is 2. The van der Waals surface area contributed by atoms with E-state index in [0.29, 0.717) is 0 Å². The molecular formula is C92H66N2. The van der Waals surface area contributed by atoms with Crippen molar-refractivity contribution in [2.24, 2.45) is 0 Å². The number of anilines is 6. The van der Waals surface area contributed by atoms with Crippen LogP contribution in [-0.2, 0) is 10.8 Å². The maximum absolute atomic E-state index is 2.45. The summed E-state index contributed by atoms with van der Waals surface area (Å²) in [4.78, 5) is 4.90. The smallest absolute Gasteiger partial charge is 0.0546 e. The molecule has 0 saturated heterocycles. The monoisotopic (exact) mass is 1200 g/mol. The second kappa shape index (κ2) is 21.5. The Balaban J connectivity index is 0.627. The molecule has 2 aliphatic carbocycles. The van der Waals surface area contributed by atoms with E-state index >= 15 is 0 Å². The third-order valence-corrected chi connectivity index (χ3v) is 20.7. The molecule has 0 atom stereocenters. The highest BCUT2D eigenvalue weighted by Crippen LogP contribution is 2.54. The van der Waals surface area contributed by atoms with E-state index in [-0.39, 0.29) is 10.8 Å². The summed E-state index contributed by atoms with van der Waals surface area (Å²) in [6, 6.07) is 113. The second-order valence-corrected chi connectivity index (χ2v) is 26.8. The lowest BCUT2D eigenvalue weighted by atomic mass is 9.81. The van der Waals surface area contributed by atoms with E-state index in [2.05, 4.69) is 365 Å². The Hall–Kier alpha value is -11.6. The number of hydrogen-bond donors (Lipinski definition) is 0. The summed E-state index contributed by atoms with van der Waals surface area (Å²) in [5.41, 5.74) is 21.8. The van der Waals surface area contributed by atoms with Crippen LogP contribution in [0.5, 0.6) is 0 Å². The van der Waals surface area contributed by atoms with Gasteiger partial charge in [0.15, 0.2) is 0 Å². The molecule has 0 fully saturated rings. The van der Waals surface area contributed by atoms with E-state index in [1.54, 1.807) is 0 Å². The van der Waals surface area contributed by atoms with Crippen molar-refractivity contribution < 1.29 is 0 Å². The summed E-state index contributed by atoms with van der Waals surface area (Å²) >= 11 is 0. The van der Waals surface area contributed by atoms with Crippen molar-refractivity contribution in [2.75, 3.05) is 9.80 Å². The molecule has 18 rings (SSSR count). The number of rotatable bonds is 10. The van der Waals surface area contributed by atoms with Crippen LogP contribution in [0.25, 0.3) is 122 Å². The van der Waals surface area contributed by atoms with Gasteiger partial charge in [-0.2, -0.15) is 0 Å². The Labute approximate surface area is 548 Å². The normalized spacial score (nSPS) is 13.6. The van der Waals surface area contributed by atoms with Gasteiger partial charge in [0.2, 0.25) is 0 Å². The maximum Gasteiger partial charge on any atom is 0.0546 e. The van der Waals surface area contributed by atoms with Gasteiger partial charge in [-0.15, -0.1) is 0 Å². The molecule has 0 aliphatic heterocycles. The average Bonchev–Trinajstić information content (AvgIpc) is 1.47. The zero-order valence-electron chi connectivity index (χ0n) is 53.1. The fourth-order valence-corrected chi connectivity index (χ4v) is 16.0. The molecule has 0 amide bonds. The van der Waals surface area contributed by atoms with Gasteiger partial charge in [-0.05, 0) is 204 Å². The molecular weight excluding hydrogens is 1130 g/mol. The predicted octanol–water partition coefficient (Wildman–Crippen LogP) is 25.7. The van der Waals surface area contributed by atoms with Crippen molar-refractivity contribution in [1.29, 1.82) is 0 Å². The van der Waals surface area contributed by atoms with Crippen LogP contribution in [0.1, 0.15) is 72.2 Å². The molecule has 0 aromatic heterocycles.